The van der Waals surface area contributed by atoms with E-state index in [1.54, 1.807) is 23.6 Å². The van der Waals surface area contributed by atoms with Gasteiger partial charge in [0, 0.05) is 46.2 Å². The smallest absolute Gasteiger partial charge is 0.399 e. The van der Waals surface area contributed by atoms with Gasteiger partial charge in [0.25, 0.3) is 0 Å². The fourth-order valence-corrected chi connectivity index (χ4v) is 3.20. The minimum atomic E-state index is -0.381. The van der Waals surface area contributed by atoms with E-state index in [0.717, 1.165) is 21.3 Å². The molecule has 3 rings (SSSR count). The highest BCUT2D eigenvalue weighted by molar-refractivity contribution is 9.10. The summed E-state index contributed by atoms with van der Waals surface area (Å²) in [5.74, 6) is 0. The molecule has 0 unspecified atom stereocenters. The maximum Gasteiger partial charge on any atom is 0.498 e. The van der Waals surface area contributed by atoms with Crippen molar-refractivity contribution in [1.82, 2.24) is 19.6 Å². The van der Waals surface area contributed by atoms with E-state index in [2.05, 4.69) is 26.1 Å². The van der Waals surface area contributed by atoms with E-state index >= 15 is 0 Å². The number of ether oxygens (including phenoxy) is 2. The van der Waals surface area contributed by atoms with Crippen molar-refractivity contribution < 1.29 is 18.8 Å². The molecular weight excluding hydrogens is 427 g/mol. The number of nitrogens with zero attached hydrogens (tertiary/aromatic N) is 4. The summed E-state index contributed by atoms with van der Waals surface area (Å²) in [6.07, 6.45) is 3.82. The van der Waals surface area contributed by atoms with Crippen LogP contribution in [0.4, 0.5) is 0 Å². The zero-order valence-corrected chi connectivity index (χ0v) is 19.5. The first kappa shape index (κ1) is 23.1. The van der Waals surface area contributed by atoms with Crippen molar-refractivity contribution in [3.8, 4) is 0 Å². The van der Waals surface area contributed by atoms with Gasteiger partial charge in [0.1, 0.15) is 5.69 Å². The number of aromatic nitrogens is 4. The quantitative estimate of drug-likeness (QED) is 0.642. The highest BCUT2D eigenvalue weighted by Gasteiger charge is 2.52. The molecule has 1 aliphatic heterocycles. The molecule has 0 radical (unpaired) electrons. The Morgan fingerprint density at radius 1 is 0.929 bits per heavy atom. The summed E-state index contributed by atoms with van der Waals surface area (Å²) >= 11 is 3.35. The van der Waals surface area contributed by atoms with Crippen LogP contribution in [-0.2, 0) is 46.1 Å². The fraction of sp³-hybridized carbons (Fsp3) is 0.667. The molecule has 8 nitrogen and oxygen atoms in total. The van der Waals surface area contributed by atoms with E-state index in [-0.39, 0.29) is 18.3 Å². The average molecular weight is 457 g/mol. The molecule has 2 aromatic heterocycles. The van der Waals surface area contributed by atoms with E-state index in [9.17, 15) is 0 Å². The van der Waals surface area contributed by atoms with E-state index in [4.69, 9.17) is 18.8 Å². The number of methoxy groups -OCH3 is 2. The molecule has 10 heteroatoms. The molecule has 1 aliphatic rings. The molecule has 1 fully saturated rings. The van der Waals surface area contributed by atoms with Gasteiger partial charge in [-0.3, -0.25) is 9.36 Å². The predicted molar refractivity (Wildman–Crippen MR) is 111 cm³/mol. The van der Waals surface area contributed by atoms with Gasteiger partial charge in [-0.1, -0.05) is 0 Å². The summed E-state index contributed by atoms with van der Waals surface area (Å²) in [4.78, 5) is 0. The van der Waals surface area contributed by atoms with Crippen molar-refractivity contribution in [2.24, 2.45) is 14.1 Å². The summed E-state index contributed by atoms with van der Waals surface area (Å²) in [6.45, 7) is 9.18. The zero-order valence-electron chi connectivity index (χ0n) is 17.9. The predicted octanol–water partition coefficient (Wildman–Crippen LogP) is 2.19. The van der Waals surface area contributed by atoms with Crippen molar-refractivity contribution in [3.05, 3.63) is 28.3 Å². The molecule has 0 atom stereocenters. The summed E-state index contributed by atoms with van der Waals surface area (Å²) in [6, 6.07) is 0. The second kappa shape index (κ2) is 9.08. The molecule has 0 spiro atoms. The Hall–Kier alpha value is -1.20. The Kier molecular flexibility index (Phi) is 7.49. The molecule has 0 aromatic carbocycles. The van der Waals surface area contributed by atoms with Crippen LogP contribution >= 0.6 is 15.9 Å². The Labute approximate surface area is 175 Å². The molecule has 0 saturated carbocycles. The first-order valence-corrected chi connectivity index (χ1v) is 9.84. The normalized spacial score (nSPS) is 17.5. The van der Waals surface area contributed by atoms with Gasteiger partial charge in [-0.2, -0.15) is 10.2 Å². The lowest BCUT2D eigenvalue weighted by Crippen LogP contribution is -2.41. The van der Waals surface area contributed by atoms with Gasteiger partial charge < -0.3 is 18.8 Å². The lowest BCUT2D eigenvalue weighted by molar-refractivity contribution is 0.00578. The highest BCUT2D eigenvalue weighted by atomic mass is 79.9. The molecule has 0 N–H and O–H groups in total. The van der Waals surface area contributed by atoms with Crippen LogP contribution in [0.3, 0.4) is 0 Å². The van der Waals surface area contributed by atoms with Crippen LogP contribution in [0.2, 0.25) is 0 Å². The van der Waals surface area contributed by atoms with Crippen LogP contribution in [0.1, 0.15) is 39.1 Å². The average Bonchev–Trinajstić information content (AvgIpc) is 3.15. The molecular formula is C18H30BBrN4O4. The molecule has 1 saturated heterocycles. The van der Waals surface area contributed by atoms with Gasteiger partial charge in [0.15, 0.2) is 0 Å². The maximum atomic E-state index is 6.02. The van der Waals surface area contributed by atoms with Crippen molar-refractivity contribution in [1.29, 1.82) is 0 Å². The molecule has 0 aliphatic carbocycles. The highest BCUT2D eigenvalue weighted by Crippen LogP contribution is 2.36. The first-order chi connectivity index (χ1) is 13.0. The van der Waals surface area contributed by atoms with E-state index in [1.807, 2.05) is 54.2 Å². The summed E-state index contributed by atoms with van der Waals surface area (Å²) < 4.78 is 26.6. The van der Waals surface area contributed by atoms with Crippen LogP contribution in [-0.4, -0.2) is 52.1 Å². The first-order valence-electron chi connectivity index (χ1n) is 9.04. The number of hydrogen-bond donors (Lipinski definition) is 0. The van der Waals surface area contributed by atoms with E-state index in [1.165, 1.54) is 0 Å². The van der Waals surface area contributed by atoms with Crippen molar-refractivity contribution >= 4 is 28.5 Å². The third-order valence-electron chi connectivity index (χ3n) is 4.86. The minimum Gasteiger partial charge on any atom is -0.399 e. The summed E-state index contributed by atoms with van der Waals surface area (Å²) in [7, 11) is 6.69. The Balaban J connectivity index is 0.000000237. The summed E-state index contributed by atoms with van der Waals surface area (Å²) in [5.41, 5.74) is 2.07. The monoisotopic (exact) mass is 456 g/mol. The molecule has 0 bridgehead atoms. The lowest BCUT2D eigenvalue weighted by Gasteiger charge is -2.32. The molecule has 0 amide bonds. The molecule has 156 valence electrons. The van der Waals surface area contributed by atoms with Crippen molar-refractivity contribution in [2.75, 3.05) is 14.2 Å². The zero-order chi connectivity index (χ0) is 21.1. The third kappa shape index (κ3) is 5.24. The topological polar surface area (TPSA) is 72.6 Å². The second-order valence-corrected chi connectivity index (χ2v) is 8.61. The second-order valence-electron chi connectivity index (χ2n) is 7.76. The van der Waals surface area contributed by atoms with Gasteiger partial charge in [0.2, 0.25) is 0 Å². The molecule has 28 heavy (non-hydrogen) atoms. The Morgan fingerprint density at radius 3 is 1.86 bits per heavy atom. The molecule has 3 heterocycles. The van der Waals surface area contributed by atoms with Crippen LogP contribution < -0.4 is 5.46 Å². The number of rotatable bonds is 5. The number of hydrogen-bond acceptors (Lipinski definition) is 6. The Morgan fingerprint density at radius 2 is 1.39 bits per heavy atom. The van der Waals surface area contributed by atoms with E-state index < -0.39 is 0 Å². The fourth-order valence-electron chi connectivity index (χ4n) is 2.71. The van der Waals surface area contributed by atoms with Crippen molar-refractivity contribution in [3.63, 3.8) is 0 Å². The number of aryl methyl sites for hydroxylation is 2. The third-order valence-corrected chi connectivity index (χ3v) is 5.52. The van der Waals surface area contributed by atoms with Crippen LogP contribution in [0.25, 0.3) is 0 Å². The minimum absolute atomic E-state index is 0.335. The van der Waals surface area contributed by atoms with Crippen LogP contribution in [0.15, 0.2) is 16.9 Å². The largest absolute Gasteiger partial charge is 0.498 e. The lowest BCUT2D eigenvalue weighted by atomic mass is 9.79. The van der Waals surface area contributed by atoms with Crippen LogP contribution in [0, 0.1) is 0 Å². The SMILES string of the molecule is COCc1nn(C)cc1B1OC(C)(C)C(C)(C)O1.COCc1nn(C)cc1Br. The van der Waals surface area contributed by atoms with Gasteiger partial charge >= 0.3 is 7.12 Å². The van der Waals surface area contributed by atoms with Gasteiger partial charge in [-0.25, -0.2) is 0 Å². The van der Waals surface area contributed by atoms with Gasteiger partial charge in [-0.15, -0.1) is 0 Å². The van der Waals surface area contributed by atoms with Crippen molar-refractivity contribution in [2.45, 2.75) is 52.1 Å². The molecule has 2 aromatic rings. The standard InChI is InChI=1S/C12H21BN2O3.C6H9BrN2O/c1-11(2)12(3,4)18-13(17-11)9-7-15(5)14-10(9)8-16-6;1-9-3-5(7)6(8-9)4-10-2/h7H,8H2,1-6H3;3H,4H2,1-2H3. The number of halogens is 1. The Bertz CT molecular complexity index is 775. The van der Waals surface area contributed by atoms with Gasteiger partial charge in [-0.05, 0) is 43.6 Å². The maximum absolute atomic E-state index is 6.02. The van der Waals surface area contributed by atoms with E-state index in [0.29, 0.717) is 13.2 Å². The van der Waals surface area contributed by atoms with Crippen LogP contribution in [0.5, 0.6) is 0 Å². The van der Waals surface area contributed by atoms with Gasteiger partial charge in [0.05, 0.1) is 34.6 Å². The summed E-state index contributed by atoms with van der Waals surface area (Å²) in [5, 5.41) is 8.52.